The lowest BCUT2D eigenvalue weighted by Crippen LogP contribution is -1.99. The van der Waals surface area contributed by atoms with Gasteiger partial charge in [-0.05, 0) is 24.3 Å². The fourth-order valence-corrected chi connectivity index (χ4v) is 2.42. The lowest BCUT2D eigenvalue weighted by molar-refractivity contribution is 0.590. The first-order chi connectivity index (χ1) is 9.60. The van der Waals surface area contributed by atoms with Crippen molar-refractivity contribution in [2.24, 2.45) is 0 Å². The summed E-state index contributed by atoms with van der Waals surface area (Å²) in [4.78, 5) is 4.13. The Bertz CT molecular complexity index is 782. The molecule has 0 amide bonds. The summed E-state index contributed by atoms with van der Waals surface area (Å²) in [7, 11) is 0. The van der Waals surface area contributed by atoms with Crippen LogP contribution in [-0.2, 0) is 5.88 Å². The summed E-state index contributed by atoms with van der Waals surface area (Å²) in [6, 6.07) is 8.90. The normalized spacial score (nSPS) is 11.2. The molecule has 0 N–H and O–H groups in total. The van der Waals surface area contributed by atoms with Crippen LogP contribution in [0, 0.1) is 11.6 Å². The number of rotatable bonds is 2. The van der Waals surface area contributed by atoms with Crippen molar-refractivity contribution in [3.05, 3.63) is 58.9 Å². The maximum atomic E-state index is 13.8. The van der Waals surface area contributed by atoms with Crippen molar-refractivity contribution in [2.75, 3.05) is 0 Å². The Kier molecular flexibility index (Phi) is 3.36. The number of fused-ring (bicyclic) bond motifs is 1. The second-order valence-electron chi connectivity index (χ2n) is 4.23. The van der Waals surface area contributed by atoms with E-state index in [0.717, 1.165) is 6.07 Å². The van der Waals surface area contributed by atoms with E-state index in [2.05, 4.69) is 4.98 Å². The van der Waals surface area contributed by atoms with Crippen molar-refractivity contribution < 1.29 is 8.78 Å². The van der Waals surface area contributed by atoms with E-state index in [-0.39, 0.29) is 11.4 Å². The van der Waals surface area contributed by atoms with Crippen molar-refractivity contribution in [2.45, 2.75) is 5.88 Å². The number of hydrogen-bond donors (Lipinski definition) is 0. The van der Waals surface area contributed by atoms with Gasteiger partial charge in [-0.25, -0.2) is 13.8 Å². The van der Waals surface area contributed by atoms with E-state index < -0.39 is 11.6 Å². The monoisotopic (exact) mass is 312 g/mol. The predicted molar refractivity (Wildman–Crippen MR) is 75.6 cm³/mol. The third kappa shape index (κ3) is 2.15. The quantitative estimate of drug-likeness (QED) is 0.627. The molecule has 1 aromatic heterocycles. The molecule has 0 spiro atoms. The maximum Gasteiger partial charge on any atom is 0.153 e. The minimum absolute atomic E-state index is 0.0817. The molecule has 6 heteroatoms. The highest BCUT2D eigenvalue weighted by atomic mass is 35.5. The molecule has 0 unspecified atom stereocenters. The number of imidazole rings is 1. The molecular weight excluding hydrogens is 305 g/mol. The summed E-state index contributed by atoms with van der Waals surface area (Å²) in [6.07, 6.45) is 0. The van der Waals surface area contributed by atoms with Crippen LogP contribution in [0.2, 0.25) is 5.02 Å². The topological polar surface area (TPSA) is 17.8 Å². The highest BCUT2D eigenvalue weighted by molar-refractivity contribution is 6.30. The minimum Gasteiger partial charge on any atom is -0.295 e. The summed E-state index contributed by atoms with van der Waals surface area (Å²) < 4.78 is 28.8. The van der Waals surface area contributed by atoms with Crippen LogP contribution in [0.5, 0.6) is 0 Å². The molecule has 20 heavy (non-hydrogen) atoms. The van der Waals surface area contributed by atoms with Gasteiger partial charge in [-0.1, -0.05) is 11.6 Å². The van der Waals surface area contributed by atoms with Crippen molar-refractivity contribution in [3.63, 3.8) is 0 Å². The smallest absolute Gasteiger partial charge is 0.153 e. The number of halogens is 4. The summed E-state index contributed by atoms with van der Waals surface area (Å²) >= 11 is 11.7. The van der Waals surface area contributed by atoms with Crippen molar-refractivity contribution in [3.8, 4) is 5.69 Å². The zero-order chi connectivity index (χ0) is 14.3. The second-order valence-corrected chi connectivity index (χ2v) is 4.93. The highest BCUT2D eigenvalue weighted by Gasteiger charge is 2.16. The van der Waals surface area contributed by atoms with Gasteiger partial charge in [0.15, 0.2) is 5.82 Å². The molecule has 2 nitrogen and oxygen atoms in total. The molecule has 0 saturated heterocycles. The first-order valence-electron chi connectivity index (χ1n) is 5.78. The molecule has 3 rings (SSSR count). The van der Waals surface area contributed by atoms with Crippen LogP contribution < -0.4 is 0 Å². The van der Waals surface area contributed by atoms with Gasteiger partial charge in [-0.3, -0.25) is 4.57 Å². The van der Waals surface area contributed by atoms with E-state index in [1.807, 2.05) is 0 Å². The van der Waals surface area contributed by atoms with Crippen LogP contribution in [0.25, 0.3) is 16.7 Å². The fourth-order valence-electron chi connectivity index (χ4n) is 2.12. The van der Waals surface area contributed by atoms with Gasteiger partial charge in [0.25, 0.3) is 0 Å². The van der Waals surface area contributed by atoms with Gasteiger partial charge < -0.3 is 0 Å². The number of nitrogens with zero attached hydrogens (tertiary/aromatic N) is 2. The van der Waals surface area contributed by atoms with E-state index in [9.17, 15) is 8.78 Å². The first-order valence-corrected chi connectivity index (χ1v) is 6.69. The first kappa shape index (κ1) is 13.3. The average Bonchev–Trinajstić information content (AvgIpc) is 2.78. The van der Waals surface area contributed by atoms with Gasteiger partial charge in [0.2, 0.25) is 0 Å². The maximum absolute atomic E-state index is 13.8. The Morgan fingerprint density at radius 2 is 1.80 bits per heavy atom. The third-order valence-corrected chi connectivity index (χ3v) is 3.44. The molecule has 0 atom stereocenters. The summed E-state index contributed by atoms with van der Waals surface area (Å²) in [5, 5.41) is 0.572. The Labute approximate surface area is 123 Å². The van der Waals surface area contributed by atoms with Crippen LogP contribution in [-0.4, -0.2) is 9.55 Å². The minimum atomic E-state index is -0.709. The molecule has 0 bridgehead atoms. The Hall–Kier alpha value is -1.65. The van der Waals surface area contributed by atoms with Gasteiger partial charge in [0.05, 0.1) is 11.4 Å². The van der Waals surface area contributed by atoms with Crippen molar-refractivity contribution in [1.29, 1.82) is 0 Å². The molecule has 0 aliphatic carbocycles. The predicted octanol–water partition coefficient (Wildman–Crippen LogP) is 4.70. The van der Waals surface area contributed by atoms with Crippen LogP contribution in [0.3, 0.4) is 0 Å². The Morgan fingerprint density at radius 3 is 2.45 bits per heavy atom. The van der Waals surface area contributed by atoms with E-state index in [1.54, 1.807) is 28.8 Å². The molecule has 0 fully saturated rings. The van der Waals surface area contributed by atoms with Gasteiger partial charge in [0, 0.05) is 22.8 Å². The third-order valence-electron chi connectivity index (χ3n) is 2.95. The largest absolute Gasteiger partial charge is 0.295 e. The van der Waals surface area contributed by atoms with Gasteiger partial charge >= 0.3 is 0 Å². The molecule has 0 saturated carbocycles. The fraction of sp³-hybridized carbons (Fsp3) is 0.0714. The molecule has 3 aromatic rings. The average molecular weight is 313 g/mol. The zero-order valence-electron chi connectivity index (χ0n) is 10.1. The van der Waals surface area contributed by atoms with Crippen LogP contribution in [0.4, 0.5) is 8.78 Å². The number of alkyl halides is 1. The van der Waals surface area contributed by atoms with Gasteiger partial charge in [-0.2, -0.15) is 0 Å². The summed E-state index contributed by atoms with van der Waals surface area (Å²) in [5.74, 6) is -0.850. The lowest BCUT2D eigenvalue weighted by atomic mass is 10.2. The molecule has 102 valence electrons. The lowest BCUT2D eigenvalue weighted by Gasteiger charge is -2.07. The molecule has 0 aliphatic heterocycles. The molecule has 0 aliphatic rings. The van der Waals surface area contributed by atoms with Gasteiger partial charge in [-0.15, -0.1) is 11.6 Å². The Morgan fingerprint density at radius 1 is 1.10 bits per heavy atom. The van der Waals surface area contributed by atoms with E-state index >= 15 is 0 Å². The van der Waals surface area contributed by atoms with Crippen molar-refractivity contribution in [1.82, 2.24) is 9.55 Å². The number of aromatic nitrogens is 2. The number of benzene rings is 2. The SMILES string of the molecule is Fc1cc(F)c2nc(CCl)n(-c3ccc(Cl)cc3)c2c1. The standard InChI is InChI=1S/C14H8Cl2F2N2/c15-7-13-19-14-11(18)5-9(17)6-12(14)20(13)10-3-1-8(16)2-4-10/h1-6H,7H2. The van der Waals surface area contributed by atoms with Crippen molar-refractivity contribution >= 4 is 34.2 Å². The van der Waals surface area contributed by atoms with Crippen LogP contribution in [0.15, 0.2) is 36.4 Å². The van der Waals surface area contributed by atoms with Gasteiger partial charge in [0.1, 0.15) is 17.2 Å². The highest BCUT2D eigenvalue weighted by Crippen LogP contribution is 2.26. The van der Waals surface area contributed by atoms with Crippen LogP contribution in [0.1, 0.15) is 5.82 Å². The zero-order valence-corrected chi connectivity index (χ0v) is 11.6. The Balaban J connectivity index is 2.35. The second kappa shape index (κ2) is 5.04. The molecule has 1 heterocycles. The number of hydrogen-bond acceptors (Lipinski definition) is 1. The summed E-state index contributed by atoms with van der Waals surface area (Å²) in [6.45, 7) is 0. The van der Waals surface area contributed by atoms with E-state index in [1.165, 1.54) is 6.07 Å². The summed E-state index contributed by atoms with van der Waals surface area (Å²) in [5.41, 5.74) is 1.12. The molecule has 0 radical (unpaired) electrons. The molecular formula is C14H8Cl2F2N2. The van der Waals surface area contributed by atoms with Crippen LogP contribution >= 0.6 is 23.2 Å². The molecule has 2 aromatic carbocycles. The van der Waals surface area contributed by atoms with E-state index in [0.29, 0.717) is 22.1 Å². The van der Waals surface area contributed by atoms with E-state index in [4.69, 9.17) is 23.2 Å².